The summed E-state index contributed by atoms with van der Waals surface area (Å²) in [6, 6.07) is 1.99. The first kappa shape index (κ1) is 8.22. The minimum absolute atomic E-state index is 0.0702. The number of hydrogen-bond donors (Lipinski definition) is 0. The second-order valence-corrected chi connectivity index (χ2v) is 2.78. The van der Waals surface area contributed by atoms with Crippen LogP contribution >= 0.6 is 0 Å². The fourth-order valence-corrected chi connectivity index (χ4v) is 1.33. The summed E-state index contributed by atoms with van der Waals surface area (Å²) in [7, 11) is 1.62. The van der Waals surface area contributed by atoms with Crippen molar-refractivity contribution in [2.24, 2.45) is 5.92 Å². The molecule has 11 heavy (non-hydrogen) atoms. The first-order chi connectivity index (χ1) is 5.27. The van der Waals surface area contributed by atoms with Gasteiger partial charge >= 0.3 is 0 Å². The van der Waals surface area contributed by atoms with Gasteiger partial charge in [-0.05, 0) is 12.8 Å². The first-order valence-electron chi connectivity index (χ1n) is 3.73. The molecule has 1 saturated carbocycles. The lowest BCUT2D eigenvalue weighted by molar-refractivity contribution is -0.125. The Kier molecular flexibility index (Phi) is 2.61. The maximum atomic E-state index is 11.0. The Bertz CT molecular complexity index is 195. The number of carbonyl (C=O) groups is 1. The Morgan fingerprint density at radius 3 is 3.00 bits per heavy atom. The Hall–Kier alpha value is -0.880. The second kappa shape index (κ2) is 3.49. The van der Waals surface area contributed by atoms with E-state index in [4.69, 9.17) is 10.00 Å². The number of carbonyl (C=O) groups excluding carboxylic acids is 1. The third-order valence-electron chi connectivity index (χ3n) is 2.09. The molecule has 0 N–H and O–H groups in total. The quantitative estimate of drug-likeness (QED) is 0.562. The zero-order valence-electron chi connectivity index (χ0n) is 6.54. The number of hydrogen-bond acceptors (Lipinski definition) is 3. The largest absolute Gasteiger partial charge is 0.381 e. The molecule has 3 heteroatoms. The fraction of sp³-hybridized carbons (Fsp3) is 0.750. The molecule has 0 saturated heterocycles. The Balaban J connectivity index is 2.52. The molecular weight excluding hydrogens is 142 g/mol. The molecule has 0 bridgehead atoms. The van der Waals surface area contributed by atoms with Crippen LogP contribution in [0.25, 0.3) is 0 Å². The van der Waals surface area contributed by atoms with E-state index in [1.54, 1.807) is 7.11 Å². The molecule has 60 valence electrons. The summed E-state index contributed by atoms with van der Waals surface area (Å²) < 4.78 is 5.07. The molecule has 0 radical (unpaired) electrons. The molecule has 0 aliphatic heterocycles. The zero-order chi connectivity index (χ0) is 8.27. The molecule has 1 fully saturated rings. The van der Waals surface area contributed by atoms with Gasteiger partial charge in [0.15, 0.2) is 0 Å². The van der Waals surface area contributed by atoms with Gasteiger partial charge in [-0.25, -0.2) is 0 Å². The summed E-state index contributed by atoms with van der Waals surface area (Å²) in [5, 5.41) is 8.55. The van der Waals surface area contributed by atoms with Crippen molar-refractivity contribution in [2.45, 2.75) is 25.4 Å². The van der Waals surface area contributed by atoms with Gasteiger partial charge in [0.1, 0.15) is 11.7 Å². The summed E-state index contributed by atoms with van der Waals surface area (Å²) in [5.41, 5.74) is 0. The maximum absolute atomic E-state index is 11.0. The lowest BCUT2D eigenvalue weighted by atomic mass is 9.87. The third-order valence-corrected chi connectivity index (χ3v) is 2.09. The van der Waals surface area contributed by atoms with Crippen LogP contribution in [0.15, 0.2) is 0 Å². The highest BCUT2D eigenvalue weighted by Crippen LogP contribution is 2.22. The Labute approximate surface area is 66.0 Å². The Morgan fingerprint density at radius 1 is 1.73 bits per heavy atom. The molecule has 0 aromatic carbocycles. The smallest absolute Gasteiger partial charge is 0.150 e. The van der Waals surface area contributed by atoms with Gasteiger partial charge in [-0.15, -0.1) is 0 Å². The molecule has 0 aromatic heterocycles. The van der Waals surface area contributed by atoms with Crippen LogP contribution in [0, 0.1) is 17.2 Å². The fourth-order valence-electron chi connectivity index (χ4n) is 1.33. The van der Waals surface area contributed by atoms with Gasteiger partial charge < -0.3 is 4.74 Å². The molecule has 1 aliphatic carbocycles. The highest BCUT2D eigenvalue weighted by atomic mass is 16.5. The molecular formula is C8H11NO2. The summed E-state index contributed by atoms with van der Waals surface area (Å²) in [4.78, 5) is 11.0. The van der Waals surface area contributed by atoms with Crippen molar-refractivity contribution in [3.8, 4) is 6.07 Å². The zero-order valence-corrected chi connectivity index (χ0v) is 6.54. The number of ether oxygens (including phenoxy) is 1. The summed E-state index contributed by atoms with van der Waals surface area (Å²) in [6.45, 7) is 0. The van der Waals surface area contributed by atoms with Crippen LogP contribution < -0.4 is 0 Å². The standard InChI is InChI=1S/C8H11NO2/c1-11-7-2-3-8(10)6(4-7)5-9/h6-7H,2-4H2,1H3. The van der Waals surface area contributed by atoms with E-state index in [1.807, 2.05) is 6.07 Å². The predicted molar refractivity (Wildman–Crippen MR) is 38.8 cm³/mol. The average molecular weight is 153 g/mol. The van der Waals surface area contributed by atoms with Gasteiger partial charge in [0.05, 0.1) is 12.2 Å². The number of ketones is 1. The monoisotopic (exact) mass is 153 g/mol. The van der Waals surface area contributed by atoms with Crippen LogP contribution in [0.3, 0.4) is 0 Å². The van der Waals surface area contributed by atoms with E-state index in [-0.39, 0.29) is 11.9 Å². The van der Waals surface area contributed by atoms with E-state index in [0.717, 1.165) is 6.42 Å². The van der Waals surface area contributed by atoms with Crippen LogP contribution in [-0.4, -0.2) is 19.0 Å². The summed E-state index contributed by atoms with van der Waals surface area (Å²) in [5.74, 6) is -0.352. The third kappa shape index (κ3) is 1.78. The molecule has 1 aliphatic rings. The lowest BCUT2D eigenvalue weighted by Gasteiger charge is -2.22. The summed E-state index contributed by atoms with van der Waals surface area (Å²) in [6.07, 6.45) is 1.95. The van der Waals surface area contributed by atoms with Gasteiger partial charge in [-0.3, -0.25) is 4.79 Å². The molecule has 2 unspecified atom stereocenters. The minimum Gasteiger partial charge on any atom is -0.381 e. The van der Waals surface area contributed by atoms with Crippen molar-refractivity contribution in [1.29, 1.82) is 5.26 Å². The van der Waals surface area contributed by atoms with Crippen LogP contribution in [0.4, 0.5) is 0 Å². The number of nitrogens with zero attached hydrogens (tertiary/aromatic N) is 1. The lowest BCUT2D eigenvalue weighted by Crippen LogP contribution is -2.28. The van der Waals surface area contributed by atoms with Crippen LogP contribution in [0.5, 0.6) is 0 Å². The summed E-state index contributed by atoms with van der Waals surface area (Å²) >= 11 is 0. The number of methoxy groups -OCH3 is 1. The molecule has 0 spiro atoms. The van der Waals surface area contributed by atoms with Crippen molar-refractivity contribution >= 4 is 5.78 Å². The Morgan fingerprint density at radius 2 is 2.45 bits per heavy atom. The van der Waals surface area contributed by atoms with E-state index >= 15 is 0 Å². The molecule has 0 heterocycles. The van der Waals surface area contributed by atoms with Crippen molar-refractivity contribution in [2.75, 3.05) is 7.11 Å². The van der Waals surface area contributed by atoms with Gasteiger partial charge in [-0.2, -0.15) is 5.26 Å². The SMILES string of the molecule is COC1CCC(=O)C(C#N)C1. The van der Waals surface area contributed by atoms with Gasteiger partial charge in [0, 0.05) is 13.5 Å². The van der Waals surface area contributed by atoms with Crippen LogP contribution in [-0.2, 0) is 9.53 Å². The van der Waals surface area contributed by atoms with E-state index in [1.165, 1.54) is 0 Å². The molecule has 0 amide bonds. The normalized spacial score (nSPS) is 31.5. The highest BCUT2D eigenvalue weighted by Gasteiger charge is 2.28. The van der Waals surface area contributed by atoms with E-state index < -0.39 is 5.92 Å². The topological polar surface area (TPSA) is 50.1 Å². The van der Waals surface area contributed by atoms with Crippen LogP contribution in [0.2, 0.25) is 0 Å². The van der Waals surface area contributed by atoms with Crippen molar-refractivity contribution in [3.05, 3.63) is 0 Å². The minimum atomic E-state index is -0.423. The van der Waals surface area contributed by atoms with E-state index in [9.17, 15) is 4.79 Å². The van der Waals surface area contributed by atoms with Crippen LogP contribution in [0.1, 0.15) is 19.3 Å². The van der Waals surface area contributed by atoms with Crippen molar-refractivity contribution in [3.63, 3.8) is 0 Å². The van der Waals surface area contributed by atoms with Gasteiger partial charge in [-0.1, -0.05) is 0 Å². The number of Topliss-reactive ketones (excluding diaryl/α,β-unsaturated/α-hetero) is 1. The maximum Gasteiger partial charge on any atom is 0.150 e. The molecule has 0 aromatic rings. The van der Waals surface area contributed by atoms with Crippen molar-refractivity contribution in [1.82, 2.24) is 0 Å². The van der Waals surface area contributed by atoms with E-state index in [2.05, 4.69) is 0 Å². The average Bonchev–Trinajstić information content (AvgIpc) is 2.05. The molecule has 1 rings (SSSR count). The highest BCUT2D eigenvalue weighted by molar-refractivity contribution is 5.84. The number of rotatable bonds is 1. The van der Waals surface area contributed by atoms with Gasteiger partial charge in [0.25, 0.3) is 0 Å². The molecule has 2 atom stereocenters. The molecule has 3 nitrogen and oxygen atoms in total. The van der Waals surface area contributed by atoms with E-state index in [0.29, 0.717) is 12.8 Å². The number of nitriles is 1. The van der Waals surface area contributed by atoms with Gasteiger partial charge in [0.2, 0.25) is 0 Å². The first-order valence-corrected chi connectivity index (χ1v) is 3.73. The van der Waals surface area contributed by atoms with Crippen molar-refractivity contribution < 1.29 is 9.53 Å². The predicted octanol–water partition coefficient (Wildman–Crippen LogP) is 0.894. The second-order valence-electron chi connectivity index (χ2n) is 2.78.